The normalized spacial score (nSPS) is 4.80. The Morgan fingerprint density at radius 2 is 0.800 bits per heavy atom. The van der Waals surface area contributed by atoms with E-state index in [1.807, 2.05) is 0 Å². The Hall–Kier alpha value is 0.332. The van der Waals surface area contributed by atoms with Gasteiger partial charge in [0.15, 0.2) is 17.4 Å². The third-order valence-electron chi connectivity index (χ3n) is 0. The second kappa shape index (κ2) is 16.2. The summed E-state index contributed by atoms with van der Waals surface area (Å²) in [5, 5.41) is 27.9. The van der Waals surface area contributed by atoms with Gasteiger partial charge in [-0.05, 0) is 0 Å². The molecule has 0 amide bonds. The van der Waals surface area contributed by atoms with E-state index in [4.69, 9.17) is 30.0 Å². The molecule has 0 heterocycles. The molecule has 0 fully saturated rings. The Kier molecular flexibility index (Phi) is 36.3. The summed E-state index contributed by atoms with van der Waals surface area (Å²) in [4.78, 5) is 17.1. The molecule has 58 valence electrons. The van der Waals surface area contributed by atoms with Crippen LogP contribution in [-0.2, 0) is 0 Å². The van der Waals surface area contributed by atoms with Crippen LogP contribution in [0.25, 0.3) is 0 Å². The van der Waals surface area contributed by atoms with Crippen molar-refractivity contribution in [3.05, 3.63) is 0 Å². The second-order valence-corrected chi connectivity index (χ2v) is 0.565. The van der Waals surface area contributed by atoms with Crippen LogP contribution in [0.2, 0.25) is 0 Å². The molecular formula is C2H9AlCaO6. The molecule has 0 aromatic rings. The van der Waals surface area contributed by atoms with Crippen molar-refractivity contribution < 1.29 is 30.0 Å². The Labute approximate surface area is 96.6 Å². The first-order chi connectivity index (χ1) is 3.46. The van der Waals surface area contributed by atoms with Gasteiger partial charge in [-0.2, -0.15) is 0 Å². The monoisotopic (exact) mass is 196 g/mol. The van der Waals surface area contributed by atoms with Gasteiger partial charge in [-0.15, -0.1) is 0 Å². The molecule has 0 aromatic heterocycles. The fourth-order valence-corrected chi connectivity index (χ4v) is 0. The van der Waals surface area contributed by atoms with Crippen molar-refractivity contribution in [3.8, 4) is 0 Å². The standard InChI is InChI=1S/2CH2O3.Al.Ca.5H/c2*2-1(3)4;;;;;;;/h2*(H2,2,3,4);;;;;;;. The zero-order chi connectivity index (χ0) is 7.15. The Bertz CT molecular complexity index is 73.7. The van der Waals surface area contributed by atoms with E-state index in [-0.39, 0.29) is 55.1 Å². The van der Waals surface area contributed by atoms with E-state index in [1.54, 1.807) is 0 Å². The van der Waals surface area contributed by atoms with E-state index in [2.05, 4.69) is 0 Å². The summed E-state index contributed by atoms with van der Waals surface area (Å²) in [7, 11) is 0. The van der Waals surface area contributed by atoms with Gasteiger partial charge in [0.25, 0.3) is 0 Å². The molecule has 0 atom stereocenters. The molecule has 10 heavy (non-hydrogen) atoms. The van der Waals surface area contributed by atoms with Crippen LogP contribution in [-0.4, -0.2) is 87.8 Å². The molecule has 0 radical (unpaired) electrons. The molecule has 0 aliphatic rings. The predicted octanol–water partition coefficient (Wildman–Crippen LogP) is -1.66. The Morgan fingerprint density at radius 3 is 0.800 bits per heavy atom. The van der Waals surface area contributed by atoms with Gasteiger partial charge in [0.2, 0.25) is 0 Å². The summed E-state index contributed by atoms with van der Waals surface area (Å²) in [6, 6.07) is 0. The van der Waals surface area contributed by atoms with Gasteiger partial charge in [0.1, 0.15) is 0 Å². The van der Waals surface area contributed by atoms with Crippen LogP contribution in [0.4, 0.5) is 9.59 Å². The molecule has 0 unspecified atom stereocenters. The summed E-state index contributed by atoms with van der Waals surface area (Å²) < 4.78 is 0. The van der Waals surface area contributed by atoms with Crippen molar-refractivity contribution in [2.45, 2.75) is 0 Å². The van der Waals surface area contributed by atoms with Gasteiger partial charge in [0.05, 0.1) is 0 Å². The maximum atomic E-state index is 8.56. The SMILES string of the molecule is O=C(O)O.O=C(O)O.[AlH3].[CaH2]. The first-order valence-corrected chi connectivity index (χ1v) is 1.30. The molecule has 0 spiro atoms. The molecular weight excluding hydrogens is 187 g/mol. The van der Waals surface area contributed by atoms with E-state index in [0.29, 0.717) is 0 Å². The number of carboxylic acid groups (broad SMARTS) is 4. The van der Waals surface area contributed by atoms with Crippen molar-refractivity contribution in [1.29, 1.82) is 0 Å². The Morgan fingerprint density at radius 1 is 0.800 bits per heavy atom. The minimum atomic E-state index is -1.83. The van der Waals surface area contributed by atoms with E-state index >= 15 is 0 Å². The van der Waals surface area contributed by atoms with Crippen LogP contribution in [0.3, 0.4) is 0 Å². The van der Waals surface area contributed by atoms with Crippen LogP contribution >= 0.6 is 0 Å². The molecule has 4 N–H and O–H groups in total. The summed E-state index contributed by atoms with van der Waals surface area (Å²) in [5.41, 5.74) is 0. The van der Waals surface area contributed by atoms with E-state index in [1.165, 1.54) is 0 Å². The van der Waals surface area contributed by atoms with Gasteiger partial charge in [-0.1, -0.05) is 0 Å². The maximum absolute atomic E-state index is 8.56. The second-order valence-electron chi connectivity index (χ2n) is 0.565. The van der Waals surface area contributed by atoms with Crippen LogP contribution in [0.15, 0.2) is 0 Å². The van der Waals surface area contributed by atoms with Crippen molar-refractivity contribution >= 4 is 67.4 Å². The topological polar surface area (TPSA) is 115 Å². The molecule has 6 nitrogen and oxygen atoms in total. The summed E-state index contributed by atoms with van der Waals surface area (Å²) in [6.07, 6.45) is -3.67. The Balaban J connectivity index is -0.0000000300. The van der Waals surface area contributed by atoms with Crippen molar-refractivity contribution in [2.24, 2.45) is 0 Å². The zero-order valence-corrected chi connectivity index (χ0v) is 3.61. The van der Waals surface area contributed by atoms with Gasteiger partial charge < -0.3 is 20.4 Å². The fraction of sp³-hybridized carbons (Fsp3) is 0. The summed E-state index contributed by atoms with van der Waals surface area (Å²) in [5.74, 6) is 0. The van der Waals surface area contributed by atoms with Crippen LogP contribution in [0.1, 0.15) is 0 Å². The summed E-state index contributed by atoms with van der Waals surface area (Å²) >= 11 is 0. The van der Waals surface area contributed by atoms with Crippen LogP contribution in [0, 0.1) is 0 Å². The van der Waals surface area contributed by atoms with Gasteiger partial charge >= 0.3 is 50.0 Å². The number of rotatable bonds is 0. The van der Waals surface area contributed by atoms with E-state index in [0.717, 1.165) is 0 Å². The van der Waals surface area contributed by atoms with Crippen molar-refractivity contribution in [3.63, 3.8) is 0 Å². The first-order valence-electron chi connectivity index (χ1n) is 1.30. The minimum absolute atomic E-state index is 0. The average molecular weight is 196 g/mol. The molecule has 0 rings (SSSR count). The molecule has 0 saturated heterocycles. The molecule has 8 heteroatoms. The molecule has 0 aromatic carbocycles. The van der Waals surface area contributed by atoms with Crippen molar-refractivity contribution in [2.75, 3.05) is 0 Å². The van der Waals surface area contributed by atoms with Gasteiger partial charge in [-0.25, -0.2) is 9.59 Å². The molecule has 0 saturated carbocycles. The number of carbonyl (C=O) groups is 2. The molecule has 0 bridgehead atoms. The summed E-state index contributed by atoms with van der Waals surface area (Å²) in [6.45, 7) is 0. The zero-order valence-electron chi connectivity index (χ0n) is 3.61. The molecule has 0 aliphatic carbocycles. The molecule has 0 aliphatic heterocycles. The fourth-order valence-electron chi connectivity index (χ4n) is 0. The third-order valence-corrected chi connectivity index (χ3v) is 0. The van der Waals surface area contributed by atoms with E-state index < -0.39 is 12.3 Å². The average Bonchev–Trinajstić information content (AvgIpc) is 1.25. The van der Waals surface area contributed by atoms with E-state index in [9.17, 15) is 0 Å². The third kappa shape index (κ3) is 4060. The van der Waals surface area contributed by atoms with Crippen molar-refractivity contribution in [1.82, 2.24) is 0 Å². The van der Waals surface area contributed by atoms with Crippen LogP contribution < -0.4 is 0 Å². The number of hydrogen-bond donors (Lipinski definition) is 4. The first kappa shape index (κ1) is 22.4. The predicted molar refractivity (Wildman–Crippen MR) is 39.8 cm³/mol. The van der Waals surface area contributed by atoms with Gasteiger partial charge in [-0.3, -0.25) is 0 Å². The quantitative estimate of drug-likeness (QED) is 0.345. The number of hydrogen-bond acceptors (Lipinski definition) is 2. The van der Waals surface area contributed by atoms with Crippen LogP contribution in [0.5, 0.6) is 0 Å². The van der Waals surface area contributed by atoms with Gasteiger partial charge in [0, 0.05) is 0 Å².